The SMILES string of the molecule is O=C(NCc1ccc(Cl)cc1Cl)C(c1ccccc1)N(Cc1ccc(Cl)cc1)C(=O)Cc1ccc(Cl)cc1. The zero-order valence-corrected chi connectivity index (χ0v) is 23.2. The van der Waals surface area contributed by atoms with Crippen molar-refractivity contribution in [1.29, 1.82) is 0 Å². The third-order valence-corrected chi connectivity index (χ3v) is 7.09. The number of benzene rings is 4. The standard InChI is InChI=1S/C30H24Cl4N2O2/c31-24-11-6-20(7-12-24)16-28(37)36(19-21-8-13-25(32)14-9-21)29(22-4-2-1-3-5-22)30(38)35-18-23-10-15-26(33)17-27(23)34/h1-15,17,29H,16,18-19H2,(H,35,38). The van der Waals surface area contributed by atoms with Gasteiger partial charge in [0.25, 0.3) is 0 Å². The second-order valence-electron chi connectivity index (χ2n) is 8.72. The van der Waals surface area contributed by atoms with Gasteiger partial charge in [-0.3, -0.25) is 9.59 Å². The van der Waals surface area contributed by atoms with Gasteiger partial charge in [0.2, 0.25) is 11.8 Å². The fourth-order valence-corrected chi connectivity index (χ4v) is 4.77. The van der Waals surface area contributed by atoms with E-state index in [1.807, 2.05) is 42.5 Å². The van der Waals surface area contributed by atoms with Gasteiger partial charge in [0, 0.05) is 33.2 Å². The molecular weight excluding hydrogens is 562 g/mol. The van der Waals surface area contributed by atoms with Crippen molar-refractivity contribution < 1.29 is 9.59 Å². The summed E-state index contributed by atoms with van der Waals surface area (Å²) in [6, 6.07) is 27.8. The molecule has 194 valence electrons. The number of rotatable bonds is 9. The number of nitrogens with one attached hydrogen (secondary N) is 1. The number of nitrogens with zero attached hydrogens (tertiary/aromatic N) is 1. The fourth-order valence-electron chi connectivity index (χ4n) is 4.04. The normalized spacial score (nSPS) is 11.6. The predicted octanol–water partition coefficient (Wildman–Crippen LogP) is 7.93. The summed E-state index contributed by atoms with van der Waals surface area (Å²) in [5.41, 5.74) is 3.03. The van der Waals surface area contributed by atoms with Crippen molar-refractivity contribution in [2.24, 2.45) is 0 Å². The Morgan fingerprint density at radius 2 is 1.29 bits per heavy atom. The molecule has 0 spiro atoms. The zero-order chi connectivity index (χ0) is 27.1. The summed E-state index contributed by atoms with van der Waals surface area (Å²) >= 11 is 24.5. The van der Waals surface area contributed by atoms with Crippen LogP contribution >= 0.6 is 46.4 Å². The highest BCUT2D eigenvalue weighted by molar-refractivity contribution is 6.35. The molecule has 0 aromatic heterocycles. The summed E-state index contributed by atoms with van der Waals surface area (Å²) in [7, 11) is 0. The van der Waals surface area contributed by atoms with E-state index in [0.29, 0.717) is 31.2 Å². The highest BCUT2D eigenvalue weighted by atomic mass is 35.5. The van der Waals surface area contributed by atoms with Gasteiger partial charge < -0.3 is 10.2 Å². The molecule has 8 heteroatoms. The minimum Gasteiger partial charge on any atom is -0.350 e. The summed E-state index contributed by atoms with van der Waals surface area (Å²) in [4.78, 5) is 29.2. The molecule has 0 saturated carbocycles. The maximum Gasteiger partial charge on any atom is 0.247 e. The summed E-state index contributed by atoms with van der Waals surface area (Å²) in [5, 5.41) is 5.09. The summed E-state index contributed by atoms with van der Waals surface area (Å²) in [6.45, 7) is 0.386. The topological polar surface area (TPSA) is 49.4 Å². The molecular formula is C30H24Cl4N2O2. The van der Waals surface area contributed by atoms with E-state index < -0.39 is 6.04 Å². The Morgan fingerprint density at radius 3 is 1.89 bits per heavy atom. The van der Waals surface area contributed by atoms with Crippen LogP contribution in [0.1, 0.15) is 28.3 Å². The van der Waals surface area contributed by atoms with Crippen molar-refractivity contribution in [3.05, 3.63) is 139 Å². The van der Waals surface area contributed by atoms with Gasteiger partial charge >= 0.3 is 0 Å². The fraction of sp³-hybridized carbons (Fsp3) is 0.133. The van der Waals surface area contributed by atoms with Gasteiger partial charge in [-0.05, 0) is 58.7 Å². The average molecular weight is 586 g/mol. The molecule has 0 bridgehead atoms. The monoisotopic (exact) mass is 584 g/mol. The van der Waals surface area contributed by atoms with Crippen molar-refractivity contribution in [2.45, 2.75) is 25.6 Å². The average Bonchev–Trinajstić information content (AvgIpc) is 2.91. The molecule has 0 heterocycles. The van der Waals surface area contributed by atoms with Gasteiger partial charge in [-0.2, -0.15) is 0 Å². The minimum absolute atomic E-state index is 0.102. The highest BCUT2D eigenvalue weighted by Crippen LogP contribution is 2.27. The lowest BCUT2D eigenvalue weighted by Crippen LogP contribution is -2.43. The molecule has 2 amide bonds. The van der Waals surface area contributed by atoms with Gasteiger partial charge in [0.15, 0.2) is 0 Å². The molecule has 1 unspecified atom stereocenters. The molecule has 1 N–H and O–H groups in total. The molecule has 0 aliphatic carbocycles. The Balaban J connectivity index is 1.67. The highest BCUT2D eigenvalue weighted by Gasteiger charge is 2.31. The van der Waals surface area contributed by atoms with Crippen LogP contribution in [0.3, 0.4) is 0 Å². The van der Waals surface area contributed by atoms with Gasteiger partial charge in [0.1, 0.15) is 6.04 Å². The second kappa shape index (κ2) is 13.2. The number of amides is 2. The van der Waals surface area contributed by atoms with E-state index in [1.165, 1.54) is 0 Å². The van der Waals surface area contributed by atoms with Crippen LogP contribution in [-0.4, -0.2) is 16.7 Å². The molecule has 0 aliphatic heterocycles. The van der Waals surface area contributed by atoms with E-state index in [4.69, 9.17) is 46.4 Å². The quantitative estimate of drug-likeness (QED) is 0.217. The summed E-state index contributed by atoms with van der Waals surface area (Å²) in [6.07, 6.45) is 0.102. The molecule has 0 saturated heterocycles. The smallest absolute Gasteiger partial charge is 0.247 e. The Labute approximate surface area is 242 Å². The van der Waals surface area contributed by atoms with Crippen LogP contribution in [0, 0.1) is 0 Å². The summed E-state index contributed by atoms with van der Waals surface area (Å²) < 4.78 is 0. The van der Waals surface area contributed by atoms with Crippen LogP contribution in [0.5, 0.6) is 0 Å². The van der Waals surface area contributed by atoms with Gasteiger partial charge in [0.05, 0.1) is 6.42 Å². The van der Waals surface area contributed by atoms with Gasteiger partial charge in [-0.1, -0.05) is 107 Å². The van der Waals surface area contributed by atoms with Crippen LogP contribution in [0.15, 0.2) is 97.1 Å². The van der Waals surface area contributed by atoms with E-state index in [2.05, 4.69) is 5.32 Å². The molecule has 0 radical (unpaired) electrons. The lowest BCUT2D eigenvalue weighted by atomic mass is 10.0. The van der Waals surface area contributed by atoms with Crippen LogP contribution in [-0.2, 0) is 29.1 Å². The number of hydrogen-bond acceptors (Lipinski definition) is 2. The zero-order valence-electron chi connectivity index (χ0n) is 20.2. The molecule has 4 nitrogen and oxygen atoms in total. The van der Waals surface area contributed by atoms with Crippen molar-refractivity contribution in [3.8, 4) is 0 Å². The third kappa shape index (κ3) is 7.52. The third-order valence-electron chi connectivity index (χ3n) is 6.00. The molecule has 1 atom stereocenters. The largest absolute Gasteiger partial charge is 0.350 e. The van der Waals surface area contributed by atoms with Crippen molar-refractivity contribution >= 4 is 58.2 Å². The molecule has 4 aromatic rings. The number of halogens is 4. The van der Waals surface area contributed by atoms with E-state index in [9.17, 15) is 9.59 Å². The maximum absolute atomic E-state index is 13.8. The Morgan fingerprint density at radius 1 is 0.711 bits per heavy atom. The van der Waals surface area contributed by atoms with E-state index in [-0.39, 0.29) is 31.3 Å². The van der Waals surface area contributed by atoms with Gasteiger partial charge in [-0.15, -0.1) is 0 Å². The molecule has 0 aliphatic rings. The maximum atomic E-state index is 13.8. The van der Waals surface area contributed by atoms with Crippen LogP contribution in [0.25, 0.3) is 0 Å². The van der Waals surface area contributed by atoms with E-state index >= 15 is 0 Å². The van der Waals surface area contributed by atoms with Crippen molar-refractivity contribution in [3.63, 3.8) is 0 Å². The van der Waals surface area contributed by atoms with Crippen LogP contribution < -0.4 is 5.32 Å². The molecule has 38 heavy (non-hydrogen) atoms. The Hall–Kier alpha value is -3.02. The number of carbonyl (C=O) groups is 2. The number of hydrogen-bond donors (Lipinski definition) is 1. The van der Waals surface area contributed by atoms with Crippen LogP contribution in [0.4, 0.5) is 0 Å². The first-order valence-electron chi connectivity index (χ1n) is 11.8. The lowest BCUT2D eigenvalue weighted by molar-refractivity contribution is -0.141. The van der Waals surface area contributed by atoms with E-state index in [0.717, 1.165) is 11.1 Å². The second-order valence-corrected chi connectivity index (χ2v) is 10.4. The molecule has 0 fully saturated rings. The van der Waals surface area contributed by atoms with Crippen molar-refractivity contribution in [1.82, 2.24) is 10.2 Å². The molecule has 4 aromatic carbocycles. The van der Waals surface area contributed by atoms with Gasteiger partial charge in [-0.25, -0.2) is 0 Å². The number of carbonyl (C=O) groups excluding carboxylic acids is 2. The Bertz CT molecular complexity index is 1390. The van der Waals surface area contributed by atoms with E-state index in [1.54, 1.807) is 59.5 Å². The first-order valence-corrected chi connectivity index (χ1v) is 13.4. The predicted molar refractivity (Wildman–Crippen MR) is 155 cm³/mol. The van der Waals surface area contributed by atoms with Crippen molar-refractivity contribution in [2.75, 3.05) is 0 Å². The lowest BCUT2D eigenvalue weighted by Gasteiger charge is -2.32. The molecule has 4 rings (SSSR count). The first kappa shape index (κ1) is 28.0. The minimum atomic E-state index is -0.891. The van der Waals surface area contributed by atoms with Crippen LogP contribution in [0.2, 0.25) is 20.1 Å². The Kier molecular flexibility index (Phi) is 9.70. The summed E-state index contributed by atoms with van der Waals surface area (Å²) in [5.74, 6) is -0.545. The first-order chi connectivity index (χ1) is 18.3.